The largest absolute Gasteiger partial charge is 0.489 e. The summed E-state index contributed by atoms with van der Waals surface area (Å²) in [5, 5.41) is 3.40. The number of amides is 2. The van der Waals surface area contributed by atoms with Gasteiger partial charge in [0, 0.05) is 5.69 Å². The van der Waals surface area contributed by atoms with Crippen LogP contribution in [-0.4, -0.2) is 23.5 Å². The molecule has 0 aliphatic carbocycles. The summed E-state index contributed by atoms with van der Waals surface area (Å²) in [6.07, 6.45) is 1.27. The fourth-order valence-electron chi connectivity index (χ4n) is 4.98. The Balaban J connectivity index is 1.45. The van der Waals surface area contributed by atoms with Crippen molar-refractivity contribution < 1.29 is 23.5 Å². The number of benzene rings is 4. The zero-order valence-electron chi connectivity index (χ0n) is 22.5. The molecule has 6 nitrogen and oxygen atoms in total. The maximum absolute atomic E-state index is 14.2. The van der Waals surface area contributed by atoms with Gasteiger partial charge in [0.1, 0.15) is 30.8 Å². The molecule has 1 heterocycles. The van der Waals surface area contributed by atoms with Gasteiger partial charge < -0.3 is 14.8 Å². The van der Waals surface area contributed by atoms with Gasteiger partial charge in [0.05, 0.1) is 12.0 Å². The van der Waals surface area contributed by atoms with Crippen LogP contribution in [0.2, 0.25) is 0 Å². The zero-order valence-corrected chi connectivity index (χ0v) is 22.5. The smallest absolute Gasteiger partial charge is 0.417 e. The molecule has 0 radical (unpaired) electrons. The molecule has 208 valence electrons. The van der Waals surface area contributed by atoms with Crippen LogP contribution in [0, 0.1) is 11.7 Å². The first kappa shape index (κ1) is 27.6. The van der Waals surface area contributed by atoms with Crippen molar-refractivity contribution in [1.29, 1.82) is 0 Å². The molecule has 1 fully saturated rings. The van der Waals surface area contributed by atoms with Crippen LogP contribution >= 0.6 is 0 Å². The van der Waals surface area contributed by atoms with E-state index in [0.29, 0.717) is 18.0 Å². The predicted molar refractivity (Wildman–Crippen MR) is 156 cm³/mol. The maximum Gasteiger partial charge on any atom is 0.417 e. The molecule has 2 amide bonds. The second kappa shape index (κ2) is 13.0. The van der Waals surface area contributed by atoms with Crippen LogP contribution in [0.15, 0.2) is 122 Å². The van der Waals surface area contributed by atoms with E-state index >= 15 is 0 Å². The number of nitrogens with zero attached hydrogens (tertiary/aromatic N) is 1. The number of allylic oxidation sites excluding steroid dienone is 1. The van der Waals surface area contributed by atoms with Crippen molar-refractivity contribution in [3.05, 3.63) is 144 Å². The first-order valence-electron chi connectivity index (χ1n) is 13.5. The van der Waals surface area contributed by atoms with Gasteiger partial charge in [-0.2, -0.15) is 0 Å². The molecular formula is C34H31FN2O4. The molecule has 3 atom stereocenters. The van der Waals surface area contributed by atoms with Crippen LogP contribution in [0.3, 0.4) is 0 Å². The van der Waals surface area contributed by atoms with Gasteiger partial charge in [0.15, 0.2) is 0 Å². The van der Waals surface area contributed by atoms with Gasteiger partial charge in [0.25, 0.3) is 0 Å². The fourth-order valence-corrected chi connectivity index (χ4v) is 4.98. The van der Waals surface area contributed by atoms with Crippen molar-refractivity contribution >= 4 is 17.7 Å². The number of anilines is 1. The average Bonchev–Trinajstić information content (AvgIpc) is 3.41. The summed E-state index contributed by atoms with van der Waals surface area (Å²) in [5.74, 6) is -0.788. The molecule has 1 N–H and O–H groups in total. The number of carbonyl (C=O) groups excluding carboxylic acids is 2. The number of cyclic esters (lactones) is 1. The number of carbonyl (C=O) groups is 2. The molecule has 4 aromatic carbocycles. The van der Waals surface area contributed by atoms with E-state index in [-0.39, 0.29) is 24.8 Å². The summed E-state index contributed by atoms with van der Waals surface area (Å²) in [6.45, 7) is 4.39. The van der Waals surface area contributed by atoms with Crippen LogP contribution in [0.1, 0.15) is 35.2 Å². The normalized spacial score (nSPS) is 16.0. The Kier molecular flexibility index (Phi) is 8.74. The highest BCUT2D eigenvalue weighted by atomic mass is 19.1. The van der Waals surface area contributed by atoms with E-state index in [1.807, 2.05) is 84.9 Å². The SMILES string of the molecule is C=CCC(C(=O)N1C(=O)OCC1c1ccccc1)[C@H](Nc1ccc(F)cc1)c1ccc(OCc2ccccc2)cc1. The Morgan fingerprint density at radius 2 is 1.63 bits per heavy atom. The number of hydrogen-bond acceptors (Lipinski definition) is 5. The van der Waals surface area contributed by atoms with E-state index < -0.39 is 24.1 Å². The highest BCUT2D eigenvalue weighted by Crippen LogP contribution is 2.36. The van der Waals surface area contributed by atoms with E-state index in [0.717, 1.165) is 16.7 Å². The van der Waals surface area contributed by atoms with Crippen LogP contribution in [-0.2, 0) is 16.1 Å². The van der Waals surface area contributed by atoms with Gasteiger partial charge >= 0.3 is 6.09 Å². The van der Waals surface area contributed by atoms with Crippen molar-refractivity contribution in [2.45, 2.75) is 25.1 Å². The molecule has 1 aliphatic rings. The van der Waals surface area contributed by atoms with E-state index in [2.05, 4.69) is 11.9 Å². The van der Waals surface area contributed by atoms with E-state index in [9.17, 15) is 14.0 Å². The molecule has 0 spiro atoms. The number of nitrogens with one attached hydrogen (secondary N) is 1. The first-order chi connectivity index (χ1) is 20.0. The van der Waals surface area contributed by atoms with Crippen molar-refractivity contribution in [3.63, 3.8) is 0 Å². The molecule has 0 bridgehead atoms. The number of imide groups is 1. The van der Waals surface area contributed by atoms with Gasteiger partial charge in [-0.1, -0.05) is 78.9 Å². The summed E-state index contributed by atoms with van der Waals surface area (Å²) in [4.78, 5) is 28.3. The van der Waals surface area contributed by atoms with E-state index in [4.69, 9.17) is 9.47 Å². The second-order valence-electron chi connectivity index (χ2n) is 9.81. The van der Waals surface area contributed by atoms with Crippen LogP contribution in [0.5, 0.6) is 5.75 Å². The molecule has 4 aromatic rings. The Bertz CT molecular complexity index is 1460. The minimum Gasteiger partial charge on any atom is -0.489 e. The lowest BCUT2D eigenvalue weighted by molar-refractivity contribution is -0.134. The van der Waals surface area contributed by atoms with Crippen molar-refractivity contribution in [1.82, 2.24) is 4.90 Å². The first-order valence-corrected chi connectivity index (χ1v) is 13.5. The standard InChI is InChI=1S/C34H31FN2O4/c1-2-9-30(33(38)37-31(23-41-34(37)39)25-12-7-4-8-13-25)32(36-28-18-16-27(35)17-19-28)26-14-20-29(21-15-26)40-22-24-10-5-3-6-11-24/h2-8,10-21,30-32,36H,1,9,22-23H2/t30?,31?,32-/m1/s1. The molecule has 0 aromatic heterocycles. The summed E-state index contributed by atoms with van der Waals surface area (Å²) < 4.78 is 25.0. The predicted octanol–water partition coefficient (Wildman–Crippen LogP) is 7.47. The Hall–Kier alpha value is -4.91. The summed E-state index contributed by atoms with van der Waals surface area (Å²) in [5.41, 5.74) is 3.29. The van der Waals surface area contributed by atoms with Crippen molar-refractivity contribution in [2.24, 2.45) is 5.92 Å². The van der Waals surface area contributed by atoms with E-state index in [1.165, 1.54) is 17.0 Å². The van der Waals surface area contributed by atoms with Gasteiger partial charge in [-0.15, -0.1) is 6.58 Å². The topological polar surface area (TPSA) is 67.9 Å². The van der Waals surface area contributed by atoms with Gasteiger partial charge in [-0.05, 0) is 59.5 Å². The lowest BCUT2D eigenvalue weighted by Gasteiger charge is -2.31. The van der Waals surface area contributed by atoms with Crippen LogP contribution in [0.4, 0.5) is 14.9 Å². The lowest BCUT2D eigenvalue weighted by Crippen LogP contribution is -2.42. The molecule has 2 unspecified atom stereocenters. The number of ether oxygens (including phenoxy) is 2. The highest BCUT2D eigenvalue weighted by molar-refractivity contribution is 5.95. The monoisotopic (exact) mass is 550 g/mol. The maximum atomic E-state index is 14.2. The summed E-state index contributed by atoms with van der Waals surface area (Å²) in [7, 11) is 0. The minimum atomic E-state index is -0.717. The summed E-state index contributed by atoms with van der Waals surface area (Å²) in [6, 6.07) is 31.5. The molecule has 1 aliphatic heterocycles. The Labute approximate surface area is 239 Å². The number of hydrogen-bond donors (Lipinski definition) is 1. The van der Waals surface area contributed by atoms with E-state index in [1.54, 1.807) is 18.2 Å². The quantitative estimate of drug-likeness (QED) is 0.196. The molecule has 41 heavy (non-hydrogen) atoms. The molecular weight excluding hydrogens is 519 g/mol. The third-order valence-electron chi connectivity index (χ3n) is 7.09. The fraction of sp³-hybridized carbons (Fsp3) is 0.176. The third-order valence-corrected chi connectivity index (χ3v) is 7.09. The van der Waals surface area contributed by atoms with Crippen LogP contribution < -0.4 is 10.1 Å². The van der Waals surface area contributed by atoms with Crippen molar-refractivity contribution in [3.8, 4) is 5.75 Å². The van der Waals surface area contributed by atoms with Gasteiger partial charge in [-0.25, -0.2) is 14.1 Å². The second-order valence-corrected chi connectivity index (χ2v) is 9.81. The van der Waals surface area contributed by atoms with Crippen molar-refractivity contribution in [2.75, 3.05) is 11.9 Å². The Morgan fingerprint density at radius 3 is 2.29 bits per heavy atom. The molecule has 1 saturated heterocycles. The number of rotatable bonds is 11. The Morgan fingerprint density at radius 1 is 0.976 bits per heavy atom. The van der Waals surface area contributed by atoms with Crippen LogP contribution in [0.25, 0.3) is 0 Å². The third kappa shape index (κ3) is 6.64. The summed E-state index contributed by atoms with van der Waals surface area (Å²) >= 11 is 0. The van der Waals surface area contributed by atoms with Gasteiger partial charge in [-0.3, -0.25) is 4.79 Å². The molecule has 7 heteroatoms. The number of halogens is 1. The molecule has 0 saturated carbocycles. The highest BCUT2D eigenvalue weighted by Gasteiger charge is 2.43. The van der Waals surface area contributed by atoms with Gasteiger partial charge in [0.2, 0.25) is 5.91 Å². The average molecular weight is 551 g/mol. The zero-order chi connectivity index (χ0) is 28.6. The minimum absolute atomic E-state index is 0.0822. The molecule has 5 rings (SSSR count). The lowest BCUT2D eigenvalue weighted by atomic mass is 9.88.